The number of fused-ring (bicyclic) bond motifs is 3. The zero-order valence-electron chi connectivity index (χ0n) is 20.7. The topological polar surface area (TPSA) is 83.5 Å². The Bertz CT molecular complexity index is 1350. The van der Waals surface area contributed by atoms with Gasteiger partial charge in [0.25, 0.3) is 0 Å². The largest absolute Gasteiger partial charge is 0.355 e. The number of nitrogens with two attached hydrogens (primary N) is 1. The van der Waals surface area contributed by atoms with Crippen molar-refractivity contribution in [3.05, 3.63) is 76.5 Å². The predicted octanol–water partition coefficient (Wildman–Crippen LogP) is 4.16. The SMILES string of the molecule is Cc1nc2c(nc1N1CCC3(CC1)Cc1ccccc1[C@H]3N)CN=C2N1CCCc2ncccc21.Cl. The van der Waals surface area contributed by atoms with Crippen LogP contribution in [0.25, 0.3) is 0 Å². The summed E-state index contributed by atoms with van der Waals surface area (Å²) in [4.78, 5) is 24.4. The molecule has 3 aromatic rings. The van der Waals surface area contributed by atoms with Gasteiger partial charge in [-0.2, -0.15) is 0 Å². The minimum Gasteiger partial charge on any atom is -0.355 e. The van der Waals surface area contributed by atoms with E-state index in [1.807, 2.05) is 12.3 Å². The first-order valence-corrected chi connectivity index (χ1v) is 12.9. The molecule has 0 amide bonds. The average Bonchev–Trinajstić information content (AvgIpc) is 3.42. The second-order valence-electron chi connectivity index (χ2n) is 10.5. The van der Waals surface area contributed by atoms with Gasteiger partial charge in [0.15, 0.2) is 5.84 Å². The fourth-order valence-corrected chi connectivity index (χ4v) is 6.65. The molecule has 0 saturated carbocycles. The fourth-order valence-electron chi connectivity index (χ4n) is 6.65. The number of aromatic nitrogens is 3. The number of piperidine rings is 1. The summed E-state index contributed by atoms with van der Waals surface area (Å²) in [5.41, 5.74) is 14.9. The van der Waals surface area contributed by atoms with Gasteiger partial charge in [-0.15, -0.1) is 12.4 Å². The van der Waals surface area contributed by atoms with E-state index >= 15 is 0 Å². The molecule has 1 atom stereocenters. The predicted molar refractivity (Wildman–Crippen MR) is 145 cm³/mol. The minimum absolute atomic E-state index is 0. The summed E-state index contributed by atoms with van der Waals surface area (Å²) >= 11 is 0. The van der Waals surface area contributed by atoms with E-state index in [1.165, 1.54) is 11.1 Å². The van der Waals surface area contributed by atoms with Gasteiger partial charge in [-0.05, 0) is 67.7 Å². The number of hydrogen-bond donors (Lipinski definition) is 1. The maximum absolute atomic E-state index is 6.79. The standard InChI is InChI=1S/C28H31N7.ClH/c1-18-26(34-14-10-28(11-15-34)16-19-6-2-3-7-20(19)25(28)29)33-22-17-31-27(24(22)32-18)35-13-5-8-21-23(35)9-4-12-30-21;/h2-4,6-7,9,12,25H,5,8,10-11,13-17,29H2,1H3;1H/t25-;/m1./s1. The monoisotopic (exact) mass is 501 g/mol. The zero-order valence-corrected chi connectivity index (χ0v) is 21.5. The van der Waals surface area contributed by atoms with E-state index in [9.17, 15) is 0 Å². The van der Waals surface area contributed by atoms with Crippen molar-refractivity contribution in [2.75, 3.05) is 29.4 Å². The number of aliphatic imine (C=N–C) groups is 1. The number of pyridine rings is 1. The van der Waals surface area contributed by atoms with Crippen LogP contribution in [0.1, 0.15) is 59.2 Å². The van der Waals surface area contributed by atoms with E-state index in [2.05, 4.69) is 52.0 Å². The first-order valence-electron chi connectivity index (χ1n) is 12.9. The van der Waals surface area contributed by atoms with Gasteiger partial charge >= 0.3 is 0 Å². The summed E-state index contributed by atoms with van der Waals surface area (Å²) < 4.78 is 0. The van der Waals surface area contributed by atoms with Crippen molar-refractivity contribution in [1.29, 1.82) is 0 Å². The van der Waals surface area contributed by atoms with Crippen molar-refractivity contribution in [2.45, 2.75) is 51.6 Å². The zero-order chi connectivity index (χ0) is 23.6. The Kier molecular flexibility index (Phi) is 5.73. The summed E-state index contributed by atoms with van der Waals surface area (Å²) in [5.74, 6) is 1.96. The van der Waals surface area contributed by atoms with Crippen LogP contribution in [0, 0.1) is 12.3 Å². The molecule has 1 aromatic carbocycles. The molecular weight excluding hydrogens is 470 g/mol. The van der Waals surface area contributed by atoms with Crippen molar-refractivity contribution in [2.24, 2.45) is 16.1 Å². The van der Waals surface area contributed by atoms with Crippen LogP contribution >= 0.6 is 12.4 Å². The number of halogens is 1. The van der Waals surface area contributed by atoms with Crippen LogP contribution in [0.3, 0.4) is 0 Å². The third-order valence-electron chi connectivity index (χ3n) is 8.57. The molecule has 5 heterocycles. The maximum Gasteiger partial charge on any atom is 0.156 e. The average molecular weight is 502 g/mol. The first-order chi connectivity index (χ1) is 17.1. The van der Waals surface area contributed by atoms with Gasteiger partial charge in [-0.25, -0.2) is 9.97 Å². The van der Waals surface area contributed by atoms with Gasteiger partial charge in [-0.3, -0.25) is 9.98 Å². The maximum atomic E-state index is 6.79. The Hall–Kier alpha value is -3.03. The number of hydrogen-bond acceptors (Lipinski definition) is 7. The molecule has 1 fully saturated rings. The van der Waals surface area contributed by atoms with E-state index < -0.39 is 0 Å². The number of aryl methyl sites for hydroxylation is 2. The molecule has 8 heteroatoms. The van der Waals surface area contributed by atoms with Gasteiger partial charge in [0, 0.05) is 31.9 Å². The molecule has 0 bridgehead atoms. The molecule has 2 N–H and O–H groups in total. The molecule has 1 saturated heterocycles. The van der Waals surface area contributed by atoms with E-state index in [0.29, 0.717) is 6.54 Å². The highest BCUT2D eigenvalue weighted by Crippen LogP contribution is 2.51. The van der Waals surface area contributed by atoms with E-state index in [-0.39, 0.29) is 23.9 Å². The molecule has 7 nitrogen and oxygen atoms in total. The number of amidine groups is 1. The molecule has 2 aromatic heterocycles. The van der Waals surface area contributed by atoms with Gasteiger partial charge in [-0.1, -0.05) is 24.3 Å². The van der Waals surface area contributed by atoms with E-state index in [0.717, 1.165) is 91.9 Å². The molecule has 1 spiro atoms. The highest BCUT2D eigenvalue weighted by atomic mass is 35.5. The van der Waals surface area contributed by atoms with Crippen LogP contribution in [0.2, 0.25) is 0 Å². The summed E-state index contributed by atoms with van der Waals surface area (Å²) in [6, 6.07) is 13.0. The second kappa shape index (κ2) is 8.82. The molecule has 0 unspecified atom stereocenters. The van der Waals surface area contributed by atoms with Crippen LogP contribution in [0.5, 0.6) is 0 Å². The lowest BCUT2D eigenvalue weighted by Gasteiger charge is -2.43. The fraction of sp³-hybridized carbons (Fsp3) is 0.429. The van der Waals surface area contributed by atoms with Crippen LogP contribution in [-0.2, 0) is 19.4 Å². The van der Waals surface area contributed by atoms with Gasteiger partial charge in [0.1, 0.15) is 11.5 Å². The van der Waals surface area contributed by atoms with Crippen LogP contribution in [0.4, 0.5) is 11.5 Å². The smallest absolute Gasteiger partial charge is 0.156 e. The highest BCUT2D eigenvalue weighted by molar-refractivity contribution is 6.11. The van der Waals surface area contributed by atoms with Crippen LogP contribution < -0.4 is 15.5 Å². The van der Waals surface area contributed by atoms with Crippen LogP contribution in [0.15, 0.2) is 47.6 Å². The molecule has 0 radical (unpaired) electrons. The van der Waals surface area contributed by atoms with Gasteiger partial charge in [0.05, 0.1) is 29.3 Å². The van der Waals surface area contributed by atoms with Gasteiger partial charge in [0.2, 0.25) is 0 Å². The second-order valence-corrected chi connectivity index (χ2v) is 10.5. The number of anilines is 2. The molecule has 1 aliphatic carbocycles. The number of rotatable bonds is 1. The molecule has 7 rings (SSSR count). The van der Waals surface area contributed by atoms with Crippen molar-refractivity contribution in [3.8, 4) is 0 Å². The van der Waals surface area contributed by atoms with Crippen molar-refractivity contribution in [1.82, 2.24) is 15.0 Å². The Labute approximate surface area is 218 Å². The summed E-state index contributed by atoms with van der Waals surface area (Å²) in [6.45, 7) is 5.56. The Morgan fingerprint density at radius 3 is 2.67 bits per heavy atom. The van der Waals surface area contributed by atoms with E-state index in [4.69, 9.17) is 20.7 Å². The van der Waals surface area contributed by atoms with Crippen LogP contribution in [-0.4, -0.2) is 40.4 Å². The Morgan fingerprint density at radius 1 is 1.00 bits per heavy atom. The van der Waals surface area contributed by atoms with Crippen molar-refractivity contribution < 1.29 is 0 Å². The number of nitrogens with zero attached hydrogens (tertiary/aromatic N) is 6. The third kappa shape index (κ3) is 3.51. The quantitative estimate of drug-likeness (QED) is 0.539. The lowest BCUT2D eigenvalue weighted by atomic mass is 9.73. The molecule has 3 aliphatic heterocycles. The summed E-state index contributed by atoms with van der Waals surface area (Å²) in [7, 11) is 0. The molecule has 4 aliphatic rings. The van der Waals surface area contributed by atoms with Gasteiger partial charge < -0.3 is 15.5 Å². The lowest BCUT2D eigenvalue weighted by Crippen LogP contribution is -2.45. The minimum atomic E-state index is 0. The number of benzene rings is 1. The normalized spacial score (nSPS) is 21.5. The summed E-state index contributed by atoms with van der Waals surface area (Å²) in [5, 5.41) is 0. The Morgan fingerprint density at radius 2 is 1.83 bits per heavy atom. The van der Waals surface area contributed by atoms with Crippen molar-refractivity contribution in [3.63, 3.8) is 0 Å². The Balaban J connectivity index is 0.00000240. The third-order valence-corrected chi connectivity index (χ3v) is 8.57. The highest BCUT2D eigenvalue weighted by Gasteiger charge is 2.46. The molecule has 186 valence electrons. The first kappa shape index (κ1) is 23.4. The van der Waals surface area contributed by atoms with E-state index in [1.54, 1.807) is 0 Å². The molecular formula is C28H32ClN7. The lowest BCUT2D eigenvalue weighted by molar-refractivity contribution is 0.187. The summed E-state index contributed by atoms with van der Waals surface area (Å²) in [6.07, 6.45) is 7.23. The molecule has 36 heavy (non-hydrogen) atoms. The van der Waals surface area contributed by atoms with Crippen molar-refractivity contribution >= 4 is 29.7 Å².